The quantitative estimate of drug-likeness (QED) is 0.787. The van der Waals surface area contributed by atoms with Crippen LogP contribution >= 0.6 is 0 Å². The van der Waals surface area contributed by atoms with Crippen molar-refractivity contribution in [1.82, 2.24) is 14.8 Å². The van der Waals surface area contributed by atoms with E-state index in [0.29, 0.717) is 11.7 Å². The van der Waals surface area contributed by atoms with Crippen LogP contribution in [0.1, 0.15) is 48.6 Å². The summed E-state index contributed by atoms with van der Waals surface area (Å²) >= 11 is 0. The van der Waals surface area contributed by atoms with E-state index in [9.17, 15) is 4.79 Å². The van der Waals surface area contributed by atoms with Crippen molar-refractivity contribution < 1.29 is 4.79 Å². The molecule has 0 saturated heterocycles. The van der Waals surface area contributed by atoms with Crippen molar-refractivity contribution in [1.29, 1.82) is 0 Å². The van der Waals surface area contributed by atoms with E-state index in [4.69, 9.17) is 0 Å². The van der Waals surface area contributed by atoms with Crippen LogP contribution in [0, 0.1) is 0 Å². The highest BCUT2D eigenvalue weighted by atomic mass is 16.2. The van der Waals surface area contributed by atoms with E-state index in [1.165, 1.54) is 19.3 Å². The molecule has 1 amide bonds. The molecule has 5 heteroatoms. The van der Waals surface area contributed by atoms with Crippen LogP contribution in [0.5, 0.6) is 0 Å². The maximum Gasteiger partial charge on any atom is 0.275 e. The van der Waals surface area contributed by atoms with Crippen LogP contribution in [-0.2, 0) is 0 Å². The van der Waals surface area contributed by atoms with Gasteiger partial charge in [0, 0.05) is 11.5 Å². The molecule has 4 rings (SSSR count). The summed E-state index contributed by atoms with van der Waals surface area (Å²) in [4.78, 5) is 17.0. The minimum atomic E-state index is -0.196. The van der Waals surface area contributed by atoms with Gasteiger partial charge in [0.25, 0.3) is 5.91 Å². The summed E-state index contributed by atoms with van der Waals surface area (Å²) in [6.07, 6.45) is 7.74. The first-order valence-electron chi connectivity index (χ1n) is 8.52. The first-order chi connectivity index (χ1) is 11.8. The Kier molecular flexibility index (Phi) is 3.99. The molecule has 2 aromatic heterocycles. The van der Waals surface area contributed by atoms with Gasteiger partial charge in [-0.2, -0.15) is 5.10 Å². The third-order valence-corrected chi connectivity index (χ3v) is 4.66. The lowest BCUT2D eigenvalue weighted by atomic mass is 9.96. The van der Waals surface area contributed by atoms with Crippen molar-refractivity contribution in [2.24, 2.45) is 0 Å². The van der Waals surface area contributed by atoms with Crippen LogP contribution in [0.25, 0.3) is 10.9 Å². The maximum absolute atomic E-state index is 12.6. The van der Waals surface area contributed by atoms with E-state index in [1.807, 2.05) is 41.1 Å². The van der Waals surface area contributed by atoms with Crippen molar-refractivity contribution in [3.63, 3.8) is 0 Å². The Bertz CT molecular complexity index is 864. The largest absolute Gasteiger partial charge is 0.305 e. The van der Waals surface area contributed by atoms with E-state index in [0.717, 1.165) is 29.6 Å². The zero-order valence-corrected chi connectivity index (χ0v) is 13.5. The molecule has 24 heavy (non-hydrogen) atoms. The number of pyridine rings is 1. The number of carbonyl (C=O) groups excluding carboxylic acids is 1. The summed E-state index contributed by atoms with van der Waals surface area (Å²) in [5.74, 6) is 0.556. The van der Waals surface area contributed by atoms with Crippen LogP contribution in [0.4, 0.5) is 5.82 Å². The van der Waals surface area contributed by atoms with E-state index in [-0.39, 0.29) is 5.91 Å². The van der Waals surface area contributed by atoms with Gasteiger partial charge in [-0.25, -0.2) is 9.67 Å². The molecule has 1 N–H and O–H groups in total. The molecule has 0 aliphatic heterocycles. The number of nitrogens with one attached hydrogen (secondary N) is 1. The third-order valence-electron chi connectivity index (χ3n) is 4.66. The SMILES string of the molecule is O=C(Nc1ccnn1C1CCCCC1)c1ccc2ccccc2n1. The number of amides is 1. The van der Waals surface area contributed by atoms with Crippen molar-refractivity contribution in [2.75, 3.05) is 5.32 Å². The molecule has 0 atom stereocenters. The van der Waals surface area contributed by atoms with Gasteiger partial charge in [-0.3, -0.25) is 4.79 Å². The Morgan fingerprint density at radius 1 is 1.04 bits per heavy atom. The zero-order valence-electron chi connectivity index (χ0n) is 13.5. The fraction of sp³-hybridized carbons (Fsp3) is 0.316. The molecule has 0 spiro atoms. The average molecular weight is 320 g/mol. The van der Waals surface area contributed by atoms with Crippen LogP contribution in [0.15, 0.2) is 48.7 Å². The van der Waals surface area contributed by atoms with E-state index >= 15 is 0 Å². The number of rotatable bonds is 3. The summed E-state index contributed by atoms with van der Waals surface area (Å²) in [5.41, 5.74) is 1.25. The van der Waals surface area contributed by atoms with Crippen LogP contribution in [-0.4, -0.2) is 20.7 Å². The Hall–Kier alpha value is -2.69. The van der Waals surface area contributed by atoms with Crippen molar-refractivity contribution in [2.45, 2.75) is 38.1 Å². The second-order valence-corrected chi connectivity index (χ2v) is 6.30. The predicted octanol–water partition coefficient (Wildman–Crippen LogP) is 4.19. The molecule has 0 bridgehead atoms. The van der Waals surface area contributed by atoms with Crippen molar-refractivity contribution in [3.05, 3.63) is 54.4 Å². The second-order valence-electron chi connectivity index (χ2n) is 6.30. The van der Waals surface area contributed by atoms with Gasteiger partial charge in [0.1, 0.15) is 11.5 Å². The molecule has 1 saturated carbocycles. The third kappa shape index (κ3) is 2.89. The molecule has 1 aliphatic carbocycles. The monoisotopic (exact) mass is 320 g/mol. The minimum absolute atomic E-state index is 0.196. The minimum Gasteiger partial charge on any atom is -0.305 e. The Morgan fingerprint density at radius 3 is 2.75 bits per heavy atom. The number of hydrogen-bond acceptors (Lipinski definition) is 3. The van der Waals surface area contributed by atoms with Crippen LogP contribution in [0.2, 0.25) is 0 Å². The summed E-state index contributed by atoms with van der Waals surface area (Å²) in [6.45, 7) is 0. The molecule has 0 radical (unpaired) electrons. The van der Waals surface area contributed by atoms with Crippen molar-refractivity contribution in [3.8, 4) is 0 Å². The molecule has 2 heterocycles. The molecule has 3 aromatic rings. The summed E-state index contributed by atoms with van der Waals surface area (Å²) in [6, 6.07) is 13.7. The molecule has 122 valence electrons. The molecular formula is C19H20N4O. The first-order valence-corrected chi connectivity index (χ1v) is 8.52. The highest BCUT2D eigenvalue weighted by Crippen LogP contribution is 2.30. The fourth-order valence-electron chi connectivity index (χ4n) is 3.40. The van der Waals surface area contributed by atoms with E-state index < -0.39 is 0 Å². The Morgan fingerprint density at radius 2 is 1.88 bits per heavy atom. The topological polar surface area (TPSA) is 59.8 Å². The molecule has 5 nitrogen and oxygen atoms in total. The number of hydrogen-bond donors (Lipinski definition) is 1. The number of nitrogens with zero attached hydrogens (tertiary/aromatic N) is 3. The van der Waals surface area contributed by atoms with Gasteiger partial charge in [-0.15, -0.1) is 0 Å². The van der Waals surface area contributed by atoms with Gasteiger partial charge in [0.2, 0.25) is 0 Å². The van der Waals surface area contributed by atoms with Crippen molar-refractivity contribution >= 4 is 22.6 Å². The summed E-state index contributed by atoms with van der Waals surface area (Å²) < 4.78 is 1.96. The van der Waals surface area contributed by atoms with Gasteiger partial charge >= 0.3 is 0 Å². The molecular weight excluding hydrogens is 300 g/mol. The summed E-state index contributed by atoms with van der Waals surface area (Å²) in [7, 11) is 0. The fourth-order valence-corrected chi connectivity index (χ4v) is 3.40. The molecule has 0 unspecified atom stereocenters. The van der Waals surface area contributed by atoms with Gasteiger partial charge in [-0.1, -0.05) is 43.5 Å². The van der Waals surface area contributed by atoms with Gasteiger partial charge < -0.3 is 5.32 Å². The number of benzene rings is 1. The van der Waals surface area contributed by atoms with Gasteiger partial charge in [-0.05, 0) is 25.0 Å². The maximum atomic E-state index is 12.6. The van der Waals surface area contributed by atoms with E-state index in [2.05, 4.69) is 15.4 Å². The molecule has 1 aromatic carbocycles. The van der Waals surface area contributed by atoms with Gasteiger partial charge in [0.15, 0.2) is 0 Å². The number of aromatic nitrogens is 3. The highest BCUT2D eigenvalue weighted by Gasteiger charge is 2.19. The Balaban J connectivity index is 1.56. The average Bonchev–Trinajstić information content (AvgIpc) is 3.10. The number of para-hydroxylation sites is 1. The normalized spacial score (nSPS) is 15.5. The number of carbonyl (C=O) groups is 1. The smallest absolute Gasteiger partial charge is 0.275 e. The number of anilines is 1. The Labute approximate surface area is 140 Å². The lowest BCUT2D eigenvalue weighted by molar-refractivity contribution is 0.102. The molecule has 1 aliphatic rings. The van der Waals surface area contributed by atoms with Crippen LogP contribution in [0.3, 0.4) is 0 Å². The number of fused-ring (bicyclic) bond motifs is 1. The lowest BCUT2D eigenvalue weighted by Gasteiger charge is -2.23. The second kappa shape index (κ2) is 6.43. The lowest BCUT2D eigenvalue weighted by Crippen LogP contribution is -2.20. The first kappa shape index (κ1) is 14.9. The van der Waals surface area contributed by atoms with Crippen LogP contribution < -0.4 is 5.32 Å². The predicted molar refractivity (Wildman–Crippen MR) is 94.0 cm³/mol. The summed E-state index contributed by atoms with van der Waals surface area (Å²) in [5, 5.41) is 8.41. The standard InChI is InChI=1S/C19H20N4O/c24-19(17-11-10-14-6-4-5-9-16(14)21-17)22-18-12-13-20-23(18)15-7-2-1-3-8-15/h4-6,9-13,15H,1-3,7-8H2,(H,22,24). The van der Waals surface area contributed by atoms with E-state index in [1.54, 1.807) is 12.3 Å². The highest BCUT2D eigenvalue weighted by molar-refractivity contribution is 6.03. The molecule has 1 fully saturated rings. The zero-order chi connectivity index (χ0) is 16.4. The van der Waals surface area contributed by atoms with Gasteiger partial charge in [0.05, 0.1) is 17.8 Å².